The van der Waals surface area contributed by atoms with Gasteiger partial charge in [-0.3, -0.25) is 4.79 Å². The summed E-state index contributed by atoms with van der Waals surface area (Å²) in [5.41, 5.74) is 3.57. The van der Waals surface area contributed by atoms with Gasteiger partial charge in [-0.25, -0.2) is 4.98 Å². The summed E-state index contributed by atoms with van der Waals surface area (Å²) in [6.45, 7) is 3.96. The molecule has 0 aliphatic carbocycles. The maximum Gasteiger partial charge on any atom is 0.186 e. The summed E-state index contributed by atoms with van der Waals surface area (Å²) >= 11 is 1.41. The Morgan fingerprint density at radius 1 is 1.18 bits per heavy atom. The predicted molar refractivity (Wildman–Crippen MR) is 88.2 cm³/mol. The summed E-state index contributed by atoms with van der Waals surface area (Å²) in [7, 11) is 0. The van der Waals surface area contributed by atoms with Crippen LogP contribution in [-0.4, -0.2) is 10.8 Å². The van der Waals surface area contributed by atoms with Crippen LogP contribution >= 0.6 is 11.3 Å². The van der Waals surface area contributed by atoms with E-state index in [9.17, 15) is 10.1 Å². The van der Waals surface area contributed by atoms with E-state index in [0.29, 0.717) is 10.6 Å². The first-order chi connectivity index (χ1) is 10.6. The number of rotatable bonds is 3. The second-order valence-corrected chi connectivity index (χ2v) is 6.31. The van der Waals surface area contributed by atoms with Crippen LogP contribution < -0.4 is 0 Å². The molecule has 3 aromatic rings. The van der Waals surface area contributed by atoms with Gasteiger partial charge in [-0.1, -0.05) is 24.3 Å². The highest BCUT2D eigenvalue weighted by Crippen LogP contribution is 2.29. The van der Waals surface area contributed by atoms with Crippen LogP contribution in [0.3, 0.4) is 0 Å². The summed E-state index contributed by atoms with van der Waals surface area (Å²) in [6.07, 6.45) is 0. The van der Waals surface area contributed by atoms with Crippen molar-refractivity contribution in [2.75, 3.05) is 0 Å². The van der Waals surface area contributed by atoms with E-state index in [0.717, 1.165) is 21.3 Å². The number of carbonyl (C=O) groups excluding carboxylic acids is 1. The van der Waals surface area contributed by atoms with Crippen LogP contribution in [0.2, 0.25) is 0 Å². The fourth-order valence-corrected chi connectivity index (χ4v) is 3.31. The Hall–Kier alpha value is -2.51. The third-order valence-corrected chi connectivity index (χ3v) is 4.84. The summed E-state index contributed by atoms with van der Waals surface area (Å²) in [5.74, 6) is -1.04. The Morgan fingerprint density at radius 2 is 1.95 bits per heavy atom. The second-order valence-electron chi connectivity index (χ2n) is 5.25. The van der Waals surface area contributed by atoms with Crippen LogP contribution in [0.15, 0.2) is 42.5 Å². The van der Waals surface area contributed by atoms with Gasteiger partial charge < -0.3 is 0 Å². The number of benzene rings is 2. The quantitative estimate of drug-likeness (QED) is 0.674. The number of thiazole rings is 1. The van der Waals surface area contributed by atoms with Crippen molar-refractivity contribution in [1.82, 2.24) is 4.98 Å². The van der Waals surface area contributed by atoms with Gasteiger partial charge in [0, 0.05) is 5.56 Å². The minimum Gasteiger partial charge on any atom is -0.292 e. The molecule has 1 unspecified atom stereocenters. The van der Waals surface area contributed by atoms with E-state index in [2.05, 4.69) is 11.1 Å². The highest BCUT2D eigenvalue weighted by atomic mass is 32.1. The van der Waals surface area contributed by atoms with Crippen LogP contribution in [-0.2, 0) is 0 Å². The zero-order chi connectivity index (χ0) is 15.7. The van der Waals surface area contributed by atoms with Gasteiger partial charge in [0.2, 0.25) is 0 Å². The maximum atomic E-state index is 12.7. The number of Topliss-reactive ketones (excluding diaryl/α,β-unsaturated/α-hetero) is 1. The molecule has 0 bridgehead atoms. The monoisotopic (exact) mass is 306 g/mol. The molecule has 1 heterocycles. The van der Waals surface area contributed by atoms with Crippen molar-refractivity contribution in [3.63, 3.8) is 0 Å². The van der Waals surface area contributed by atoms with Gasteiger partial charge >= 0.3 is 0 Å². The number of ketones is 1. The van der Waals surface area contributed by atoms with Gasteiger partial charge in [0.25, 0.3) is 0 Å². The number of nitriles is 1. The van der Waals surface area contributed by atoms with Gasteiger partial charge in [0.15, 0.2) is 11.7 Å². The first-order valence-electron chi connectivity index (χ1n) is 6.96. The molecule has 0 aliphatic heterocycles. The highest BCUT2D eigenvalue weighted by molar-refractivity contribution is 7.18. The summed E-state index contributed by atoms with van der Waals surface area (Å²) in [5, 5.41) is 10.0. The molecule has 4 heteroatoms. The lowest BCUT2D eigenvalue weighted by Gasteiger charge is -2.07. The average molecular weight is 306 g/mol. The molecule has 3 nitrogen and oxygen atoms in total. The lowest BCUT2D eigenvalue weighted by molar-refractivity contribution is 0.0979. The molecule has 0 amide bonds. The average Bonchev–Trinajstić information content (AvgIpc) is 2.94. The SMILES string of the molecule is Cc1ccc(C(=O)C(C#N)c2nc3ccccc3s2)cc1C. The molecule has 2 aromatic carbocycles. The number of carbonyl (C=O) groups is 1. The number of hydrogen-bond donors (Lipinski definition) is 0. The van der Waals surface area contributed by atoms with Crippen LogP contribution in [0.5, 0.6) is 0 Å². The first-order valence-corrected chi connectivity index (χ1v) is 7.78. The molecule has 0 N–H and O–H groups in total. The van der Waals surface area contributed by atoms with E-state index in [1.54, 1.807) is 6.07 Å². The lowest BCUT2D eigenvalue weighted by Crippen LogP contribution is -2.11. The Morgan fingerprint density at radius 3 is 2.64 bits per heavy atom. The van der Waals surface area contributed by atoms with E-state index < -0.39 is 5.92 Å². The van der Waals surface area contributed by atoms with E-state index >= 15 is 0 Å². The minimum absolute atomic E-state index is 0.190. The van der Waals surface area contributed by atoms with Crippen molar-refractivity contribution < 1.29 is 4.79 Å². The van der Waals surface area contributed by atoms with Crippen LogP contribution in [0.4, 0.5) is 0 Å². The molecular formula is C18H14N2OS. The van der Waals surface area contributed by atoms with Gasteiger partial charge in [-0.15, -0.1) is 11.3 Å². The van der Waals surface area contributed by atoms with E-state index in [4.69, 9.17) is 0 Å². The smallest absolute Gasteiger partial charge is 0.186 e. The van der Waals surface area contributed by atoms with Gasteiger partial charge in [-0.2, -0.15) is 5.26 Å². The molecule has 1 atom stereocenters. The van der Waals surface area contributed by atoms with Crippen molar-refractivity contribution in [3.8, 4) is 6.07 Å². The molecule has 0 saturated carbocycles. The van der Waals surface area contributed by atoms with E-state index in [1.165, 1.54) is 11.3 Å². The summed E-state index contributed by atoms with van der Waals surface area (Å²) < 4.78 is 0.991. The largest absolute Gasteiger partial charge is 0.292 e. The number of fused-ring (bicyclic) bond motifs is 1. The summed E-state index contributed by atoms with van der Waals surface area (Å²) in [4.78, 5) is 17.1. The van der Waals surface area contributed by atoms with Crippen molar-refractivity contribution >= 4 is 27.3 Å². The second kappa shape index (κ2) is 5.70. The highest BCUT2D eigenvalue weighted by Gasteiger charge is 2.25. The molecule has 3 rings (SSSR count). The number of aromatic nitrogens is 1. The normalized spacial score (nSPS) is 12.0. The Kier molecular flexibility index (Phi) is 3.74. The van der Waals surface area contributed by atoms with Gasteiger partial charge in [0.05, 0.1) is 16.3 Å². The molecule has 22 heavy (non-hydrogen) atoms. The number of para-hydroxylation sites is 1. The summed E-state index contributed by atoms with van der Waals surface area (Å²) in [6, 6.07) is 15.3. The van der Waals surface area contributed by atoms with Gasteiger partial charge in [-0.05, 0) is 43.2 Å². The molecular weight excluding hydrogens is 292 g/mol. The zero-order valence-electron chi connectivity index (χ0n) is 12.3. The van der Waals surface area contributed by atoms with E-state index in [1.807, 2.05) is 50.2 Å². The third-order valence-electron chi connectivity index (χ3n) is 3.74. The Balaban J connectivity index is 2.01. The van der Waals surface area contributed by atoms with Crippen molar-refractivity contribution in [2.24, 2.45) is 0 Å². The number of hydrogen-bond acceptors (Lipinski definition) is 4. The fourth-order valence-electron chi connectivity index (χ4n) is 2.30. The van der Waals surface area contributed by atoms with Gasteiger partial charge in [0.1, 0.15) is 5.01 Å². The number of nitrogens with zero attached hydrogens (tertiary/aromatic N) is 2. The topological polar surface area (TPSA) is 53.8 Å². The molecule has 0 spiro atoms. The van der Waals surface area contributed by atoms with Crippen molar-refractivity contribution in [2.45, 2.75) is 19.8 Å². The third kappa shape index (κ3) is 2.51. The van der Waals surface area contributed by atoms with E-state index in [-0.39, 0.29) is 5.78 Å². The standard InChI is InChI=1S/C18H14N2OS/c1-11-7-8-13(9-12(11)2)17(21)14(10-19)18-20-15-5-3-4-6-16(15)22-18/h3-9,14H,1-2H3. The molecule has 108 valence electrons. The molecule has 0 aliphatic rings. The van der Waals surface area contributed by atoms with Crippen molar-refractivity contribution in [3.05, 3.63) is 64.2 Å². The van der Waals surface area contributed by atoms with Crippen LogP contribution in [0.25, 0.3) is 10.2 Å². The maximum absolute atomic E-state index is 12.7. The Labute approximate surface area is 132 Å². The molecule has 0 saturated heterocycles. The molecule has 0 radical (unpaired) electrons. The fraction of sp³-hybridized carbons (Fsp3) is 0.167. The Bertz CT molecular complexity index is 872. The van der Waals surface area contributed by atoms with Crippen LogP contribution in [0.1, 0.15) is 32.4 Å². The zero-order valence-corrected chi connectivity index (χ0v) is 13.1. The molecule has 0 fully saturated rings. The first kappa shape index (κ1) is 14.4. The lowest BCUT2D eigenvalue weighted by atomic mass is 9.96. The van der Waals surface area contributed by atoms with Crippen LogP contribution in [0, 0.1) is 25.2 Å². The predicted octanol–water partition coefficient (Wildman–Crippen LogP) is 4.40. The minimum atomic E-state index is -0.848. The number of aryl methyl sites for hydroxylation is 2. The molecule has 1 aromatic heterocycles. The van der Waals surface area contributed by atoms with Crippen molar-refractivity contribution in [1.29, 1.82) is 5.26 Å².